The molecule has 0 saturated carbocycles. The van der Waals surface area contributed by atoms with E-state index in [4.69, 9.17) is 10.8 Å². The van der Waals surface area contributed by atoms with Crippen molar-refractivity contribution in [2.24, 2.45) is 11.7 Å². The standard InChI is InChI=1S/C21H34N6O8/c1-4-10(2)16(22)20(33)25-13(5-6-15(29)30)18(31)26-14(7-12-8-23-9-24-12)19(32)27-17(11(3)28)21(34)35/h8-11,13-14,16-17,28H,4-7,22H2,1-3H3,(H,23,24)(H,25,33)(H,26,31)(H,27,32)(H,29,30)(H,34,35). The van der Waals surface area contributed by atoms with Gasteiger partial charge in [0.1, 0.15) is 12.1 Å². The predicted molar refractivity (Wildman–Crippen MR) is 122 cm³/mol. The molecule has 0 radical (unpaired) electrons. The summed E-state index contributed by atoms with van der Waals surface area (Å²) in [4.78, 5) is 67.4. The highest BCUT2D eigenvalue weighted by Crippen LogP contribution is 2.08. The molecule has 6 unspecified atom stereocenters. The first-order valence-electron chi connectivity index (χ1n) is 11.1. The summed E-state index contributed by atoms with van der Waals surface area (Å²) in [5.74, 6) is -5.31. The van der Waals surface area contributed by atoms with Gasteiger partial charge < -0.3 is 42.0 Å². The van der Waals surface area contributed by atoms with Gasteiger partial charge in [-0.05, 0) is 19.3 Å². The lowest BCUT2D eigenvalue weighted by Crippen LogP contribution is -2.59. The number of imidazole rings is 1. The van der Waals surface area contributed by atoms with Gasteiger partial charge in [-0.3, -0.25) is 19.2 Å². The molecule has 1 heterocycles. The summed E-state index contributed by atoms with van der Waals surface area (Å²) in [7, 11) is 0. The van der Waals surface area contributed by atoms with Gasteiger partial charge >= 0.3 is 11.9 Å². The van der Waals surface area contributed by atoms with Crippen LogP contribution in [0.15, 0.2) is 12.5 Å². The molecule has 196 valence electrons. The van der Waals surface area contributed by atoms with Crippen LogP contribution in [0.25, 0.3) is 0 Å². The second-order valence-electron chi connectivity index (χ2n) is 8.31. The molecule has 0 aliphatic carbocycles. The monoisotopic (exact) mass is 498 g/mol. The normalized spacial score (nSPS) is 16.1. The third-order valence-electron chi connectivity index (χ3n) is 5.50. The largest absolute Gasteiger partial charge is 0.481 e. The predicted octanol–water partition coefficient (Wildman–Crippen LogP) is -1.89. The first-order chi connectivity index (χ1) is 16.4. The van der Waals surface area contributed by atoms with Crippen molar-refractivity contribution in [1.82, 2.24) is 25.9 Å². The summed E-state index contributed by atoms with van der Waals surface area (Å²) < 4.78 is 0. The molecule has 0 bridgehead atoms. The van der Waals surface area contributed by atoms with Crippen LogP contribution >= 0.6 is 0 Å². The zero-order valence-electron chi connectivity index (χ0n) is 19.9. The molecule has 0 spiro atoms. The number of aliphatic carboxylic acids is 2. The molecule has 14 heteroatoms. The third kappa shape index (κ3) is 9.70. The number of nitrogens with one attached hydrogen (secondary N) is 4. The maximum Gasteiger partial charge on any atom is 0.328 e. The molecule has 3 amide bonds. The van der Waals surface area contributed by atoms with E-state index in [1.165, 1.54) is 19.4 Å². The van der Waals surface area contributed by atoms with Crippen LogP contribution in [-0.2, 0) is 30.4 Å². The van der Waals surface area contributed by atoms with Gasteiger partial charge in [0.2, 0.25) is 17.7 Å². The summed E-state index contributed by atoms with van der Waals surface area (Å²) in [5.41, 5.74) is 6.34. The zero-order chi connectivity index (χ0) is 26.7. The minimum absolute atomic E-state index is 0.129. The SMILES string of the molecule is CCC(C)C(N)C(=O)NC(CCC(=O)O)C(=O)NC(Cc1cnc[nH]1)C(=O)NC(C(=O)O)C(C)O. The van der Waals surface area contributed by atoms with E-state index < -0.39 is 66.4 Å². The Labute approximate surface area is 202 Å². The van der Waals surface area contributed by atoms with Gasteiger partial charge in [-0.25, -0.2) is 9.78 Å². The zero-order valence-corrected chi connectivity index (χ0v) is 19.9. The van der Waals surface area contributed by atoms with Gasteiger partial charge in [0.15, 0.2) is 6.04 Å². The number of carbonyl (C=O) groups is 5. The van der Waals surface area contributed by atoms with Crippen molar-refractivity contribution in [2.45, 2.75) is 76.7 Å². The van der Waals surface area contributed by atoms with Crippen LogP contribution in [0.5, 0.6) is 0 Å². The van der Waals surface area contributed by atoms with E-state index >= 15 is 0 Å². The number of nitrogens with zero attached hydrogens (tertiary/aromatic N) is 1. The second-order valence-corrected chi connectivity index (χ2v) is 8.31. The van der Waals surface area contributed by atoms with E-state index in [1.54, 1.807) is 6.92 Å². The first-order valence-corrected chi connectivity index (χ1v) is 11.1. The molecule has 1 rings (SSSR count). The molecular weight excluding hydrogens is 464 g/mol. The van der Waals surface area contributed by atoms with Crippen LogP contribution in [0, 0.1) is 5.92 Å². The molecule has 0 fully saturated rings. The number of aliphatic hydroxyl groups is 1. The maximum atomic E-state index is 13.0. The van der Waals surface area contributed by atoms with Crippen molar-refractivity contribution in [3.8, 4) is 0 Å². The fraction of sp³-hybridized carbons (Fsp3) is 0.619. The lowest BCUT2D eigenvalue weighted by atomic mass is 9.98. The van der Waals surface area contributed by atoms with Gasteiger partial charge in [0.05, 0.1) is 18.5 Å². The molecule has 9 N–H and O–H groups in total. The summed E-state index contributed by atoms with van der Waals surface area (Å²) in [6, 6.07) is -5.24. The highest BCUT2D eigenvalue weighted by molar-refractivity contribution is 5.94. The van der Waals surface area contributed by atoms with Gasteiger partial charge in [0, 0.05) is 24.7 Å². The Balaban J connectivity index is 3.10. The van der Waals surface area contributed by atoms with Crippen LogP contribution in [0.2, 0.25) is 0 Å². The second kappa shape index (κ2) is 14.0. The Morgan fingerprint density at radius 1 is 1.03 bits per heavy atom. The van der Waals surface area contributed by atoms with Crippen molar-refractivity contribution in [3.63, 3.8) is 0 Å². The Hall–Kier alpha value is -3.52. The van der Waals surface area contributed by atoms with Gasteiger partial charge in [-0.15, -0.1) is 0 Å². The molecule has 1 aromatic heterocycles. The Bertz CT molecular complexity index is 875. The van der Waals surface area contributed by atoms with E-state index in [2.05, 4.69) is 25.9 Å². The van der Waals surface area contributed by atoms with Crippen molar-refractivity contribution >= 4 is 29.7 Å². The molecule has 35 heavy (non-hydrogen) atoms. The molecule has 6 atom stereocenters. The van der Waals surface area contributed by atoms with Crippen LogP contribution in [0.1, 0.15) is 45.7 Å². The number of aromatic amines is 1. The highest BCUT2D eigenvalue weighted by Gasteiger charge is 2.32. The molecule has 14 nitrogen and oxygen atoms in total. The number of carboxylic acid groups (broad SMARTS) is 2. The Morgan fingerprint density at radius 2 is 1.63 bits per heavy atom. The van der Waals surface area contributed by atoms with E-state index in [1.807, 2.05) is 6.92 Å². The number of rotatable bonds is 15. The smallest absolute Gasteiger partial charge is 0.328 e. The van der Waals surface area contributed by atoms with Crippen molar-refractivity contribution < 1.29 is 39.3 Å². The number of aromatic nitrogens is 2. The van der Waals surface area contributed by atoms with Crippen molar-refractivity contribution in [3.05, 3.63) is 18.2 Å². The van der Waals surface area contributed by atoms with Crippen molar-refractivity contribution in [2.75, 3.05) is 0 Å². The molecule has 0 aliphatic heterocycles. The number of nitrogens with two attached hydrogens (primary N) is 1. The van der Waals surface area contributed by atoms with Crippen LogP contribution in [-0.4, -0.2) is 85.2 Å². The number of H-pyrrole nitrogens is 1. The van der Waals surface area contributed by atoms with E-state index in [0.29, 0.717) is 12.1 Å². The first kappa shape index (κ1) is 29.5. The number of hydrogen-bond donors (Lipinski definition) is 8. The van der Waals surface area contributed by atoms with Crippen LogP contribution < -0.4 is 21.7 Å². The van der Waals surface area contributed by atoms with Gasteiger partial charge in [-0.1, -0.05) is 20.3 Å². The third-order valence-corrected chi connectivity index (χ3v) is 5.50. The number of hydrogen-bond acceptors (Lipinski definition) is 8. The molecule has 0 aliphatic rings. The number of carboxylic acids is 2. The molecular formula is C21H34N6O8. The number of aliphatic hydroxyl groups excluding tert-OH is 1. The average molecular weight is 499 g/mol. The van der Waals surface area contributed by atoms with E-state index in [-0.39, 0.29) is 18.8 Å². The summed E-state index contributed by atoms with van der Waals surface area (Å²) in [6.45, 7) is 4.77. The molecule has 0 saturated heterocycles. The lowest BCUT2D eigenvalue weighted by molar-refractivity contribution is -0.145. The van der Waals surface area contributed by atoms with E-state index in [0.717, 1.165) is 0 Å². The Morgan fingerprint density at radius 3 is 2.11 bits per heavy atom. The Kier molecular flexibility index (Phi) is 11.8. The van der Waals surface area contributed by atoms with E-state index in [9.17, 15) is 34.2 Å². The lowest BCUT2D eigenvalue weighted by Gasteiger charge is -2.26. The minimum Gasteiger partial charge on any atom is -0.481 e. The van der Waals surface area contributed by atoms with Gasteiger partial charge in [0.25, 0.3) is 0 Å². The van der Waals surface area contributed by atoms with Crippen LogP contribution in [0.3, 0.4) is 0 Å². The number of carbonyl (C=O) groups excluding carboxylic acids is 3. The van der Waals surface area contributed by atoms with Crippen molar-refractivity contribution in [1.29, 1.82) is 0 Å². The fourth-order valence-electron chi connectivity index (χ4n) is 3.06. The average Bonchev–Trinajstić information content (AvgIpc) is 3.30. The summed E-state index contributed by atoms with van der Waals surface area (Å²) in [6.07, 6.45) is 1.06. The number of amides is 3. The van der Waals surface area contributed by atoms with Gasteiger partial charge in [-0.2, -0.15) is 0 Å². The maximum absolute atomic E-state index is 13.0. The topological polar surface area (TPSA) is 237 Å². The minimum atomic E-state index is -1.64. The summed E-state index contributed by atoms with van der Waals surface area (Å²) >= 11 is 0. The quantitative estimate of drug-likeness (QED) is 0.134. The van der Waals surface area contributed by atoms with Crippen LogP contribution in [0.4, 0.5) is 0 Å². The molecule has 1 aromatic rings. The molecule has 0 aromatic carbocycles. The fourth-order valence-corrected chi connectivity index (χ4v) is 3.06. The highest BCUT2D eigenvalue weighted by atomic mass is 16.4. The summed E-state index contributed by atoms with van der Waals surface area (Å²) in [5, 5.41) is 35.0.